The second-order valence-corrected chi connectivity index (χ2v) is 8.97. The standard InChI is InChI=1S/C22H24ClN3O2S/c1-28-18-5-2-16(3-6-18)20(27)14-25-10-8-15(9-11-25)13-26-19-7-4-17(23)12-21(19)29-22(26)24/h2-7,12,15,24H,8-11,13-14H2,1H3. The lowest BCUT2D eigenvalue weighted by molar-refractivity contribution is 0.0890. The number of carbonyl (C=O) groups is 1. The Morgan fingerprint density at radius 1 is 1.21 bits per heavy atom. The van der Waals surface area contributed by atoms with Crippen LogP contribution in [0.5, 0.6) is 5.75 Å². The Labute approximate surface area is 179 Å². The van der Waals surface area contributed by atoms with Gasteiger partial charge in [0.2, 0.25) is 0 Å². The molecule has 1 aromatic heterocycles. The number of nitrogens with zero attached hydrogens (tertiary/aromatic N) is 2. The van der Waals surface area contributed by atoms with Crippen molar-refractivity contribution in [3.8, 4) is 5.75 Å². The van der Waals surface area contributed by atoms with Crippen molar-refractivity contribution in [3.63, 3.8) is 0 Å². The maximum absolute atomic E-state index is 12.5. The van der Waals surface area contributed by atoms with Crippen LogP contribution in [-0.2, 0) is 6.54 Å². The normalized spacial score (nSPS) is 15.7. The minimum atomic E-state index is 0.148. The summed E-state index contributed by atoms with van der Waals surface area (Å²) in [5, 5.41) is 9.03. The number of hydrogen-bond acceptors (Lipinski definition) is 5. The van der Waals surface area contributed by atoms with E-state index in [9.17, 15) is 4.79 Å². The van der Waals surface area contributed by atoms with Gasteiger partial charge in [-0.15, -0.1) is 0 Å². The van der Waals surface area contributed by atoms with E-state index in [-0.39, 0.29) is 5.78 Å². The highest BCUT2D eigenvalue weighted by molar-refractivity contribution is 7.16. The van der Waals surface area contributed by atoms with Crippen molar-refractivity contribution in [2.45, 2.75) is 19.4 Å². The topological polar surface area (TPSA) is 58.3 Å². The molecule has 0 amide bonds. The molecular weight excluding hydrogens is 406 g/mol. The molecule has 4 rings (SSSR count). The molecule has 2 heterocycles. The van der Waals surface area contributed by atoms with Gasteiger partial charge in [-0.1, -0.05) is 22.9 Å². The molecule has 0 saturated carbocycles. The van der Waals surface area contributed by atoms with Crippen LogP contribution in [0, 0.1) is 11.3 Å². The van der Waals surface area contributed by atoms with Crippen LogP contribution >= 0.6 is 22.9 Å². The number of carbonyl (C=O) groups excluding carboxylic acids is 1. The van der Waals surface area contributed by atoms with Crippen molar-refractivity contribution in [1.82, 2.24) is 9.47 Å². The number of ketones is 1. The number of fused-ring (bicyclic) bond motifs is 1. The number of thiazole rings is 1. The van der Waals surface area contributed by atoms with E-state index in [2.05, 4.69) is 9.47 Å². The Balaban J connectivity index is 1.34. The molecule has 0 atom stereocenters. The number of benzene rings is 2. The van der Waals surface area contributed by atoms with Crippen LogP contribution < -0.4 is 9.54 Å². The first-order valence-electron chi connectivity index (χ1n) is 9.76. The van der Waals surface area contributed by atoms with Gasteiger partial charge in [-0.25, -0.2) is 0 Å². The van der Waals surface area contributed by atoms with Gasteiger partial charge in [0.25, 0.3) is 0 Å². The van der Waals surface area contributed by atoms with E-state index < -0.39 is 0 Å². The lowest BCUT2D eigenvalue weighted by atomic mass is 9.96. The summed E-state index contributed by atoms with van der Waals surface area (Å²) in [6, 6.07) is 13.1. The van der Waals surface area contributed by atoms with Gasteiger partial charge in [-0.2, -0.15) is 0 Å². The molecule has 152 valence electrons. The zero-order chi connectivity index (χ0) is 20.4. The third-order valence-electron chi connectivity index (χ3n) is 5.59. The number of methoxy groups -OCH3 is 1. The predicted octanol–water partition coefficient (Wildman–Crippen LogP) is 4.44. The van der Waals surface area contributed by atoms with E-state index in [0.29, 0.717) is 22.3 Å². The summed E-state index contributed by atoms with van der Waals surface area (Å²) in [6.45, 7) is 3.12. The lowest BCUT2D eigenvalue weighted by Crippen LogP contribution is -2.38. The number of likely N-dealkylation sites (tertiary alicyclic amines) is 1. The van der Waals surface area contributed by atoms with Crippen LogP contribution in [0.25, 0.3) is 10.2 Å². The summed E-state index contributed by atoms with van der Waals surface area (Å²) in [4.78, 5) is 15.4. The second-order valence-electron chi connectivity index (χ2n) is 7.50. The molecule has 0 unspecified atom stereocenters. The van der Waals surface area contributed by atoms with E-state index in [1.54, 1.807) is 7.11 Å². The average molecular weight is 430 g/mol. The molecule has 0 bridgehead atoms. The van der Waals surface area contributed by atoms with Crippen LogP contribution in [0.4, 0.5) is 0 Å². The van der Waals surface area contributed by atoms with Crippen molar-refractivity contribution < 1.29 is 9.53 Å². The number of halogens is 1. The minimum Gasteiger partial charge on any atom is -0.497 e. The Bertz CT molecular complexity index is 1070. The first kappa shape index (κ1) is 20.1. The van der Waals surface area contributed by atoms with Gasteiger partial charge in [-0.3, -0.25) is 15.1 Å². The zero-order valence-electron chi connectivity index (χ0n) is 16.4. The van der Waals surface area contributed by atoms with Gasteiger partial charge in [0.1, 0.15) is 5.75 Å². The minimum absolute atomic E-state index is 0.148. The molecule has 1 aliphatic heterocycles. The van der Waals surface area contributed by atoms with Crippen LogP contribution in [0.1, 0.15) is 23.2 Å². The Hall–Kier alpha value is -2.15. The monoisotopic (exact) mass is 429 g/mol. The number of nitrogens with one attached hydrogen (secondary N) is 1. The molecule has 29 heavy (non-hydrogen) atoms. The number of aromatic nitrogens is 1. The molecule has 0 spiro atoms. The molecule has 1 saturated heterocycles. The third kappa shape index (κ3) is 4.55. The second kappa shape index (κ2) is 8.69. The number of rotatable bonds is 6. The molecule has 0 aliphatic carbocycles. The predicted molar refractivity (Wildman–Crippen MR) is 117 cm³/mol. The molecule has 7 heteroatoms. The fourth-order valence-electron chi connectivity index (χ4n) is 3.90. The van der Waals surface area contributed by atoms with E-state index >= 15 is 0 Å². The maximum atomic E-state index is 12.5. The van der Waals surface area contributed by atoms with Crippen LogP contribution in [0.3, 0.4) is 0 Å². The summed E-state index contributed by atoms with van der Waals surface area (Å²) in [7, 11) is 1.62. The Kier molecular flexibility index (Phi) is 6.04. The average Bonchev–Trinajstić information content (AvgIpc) is 3.03. The fourth-order valence-corrected chi connectivity index (χ4v) is 5.10. The van der Waals surface area contributed by atoms with Crippen molar-refractivity contribution >= 4 is 38.9 Å². The van der Waals surface area contributed by atoms with E-state index in [0.717, 1.165) is 54.0 Å². The van der Waals surface area contributed by atoms with Gasteiger partial charge in [0, 0.05) is 17.1 Å². The van der Waals surface area contributed by atoms with E-state index in [1.807, 2.05) is 42.5 Å². The Morgan fingerprint density at radius 2 is 1.93 bits per heavy atom. The number of Topliss-reactive ketones (excluding diaryl/α,β-unsaturated/α-hetero) is 1. The third-order valence-corrected chi connectivity index (χ3v) is 6.79. The smallest absolute Gasteiger partial charge is 0.182 e. The summed E-state index contributed by atoms with van der Waals surface area (Å²) in [6.07, 6.45) is 2.07. The van der Waals surface area contributed by atoms with Crippen LogP contribution in [-0.4, -0.2) is 42.0 Å². The van der Waals surface area contributed by atoms with Crippen molar-refractivity contribution in [1.29, 1.82) is 5.41 Å². The Morgan fingerprint density at radius 3 is 2.62 bits per heavy atom. The highest BCUT2D eigenvalue weighted by Crippen LogP contribution is 2.25. The molecule has 2 aromatic carbocycles. The van der Waals surface area contributed by atoms with Gasteiger partial charge in [-0.05, 0) is 74.3 Å². The van der Waals surface area contributed by atoms with Gasteiger partial charge in [0.15, 0.2) is 10.6 Å². The molecule has 1 aliphatic rings. The summed E-state index contributed by atoms with van der Waals surface area (Å²) in [5.74, 6) is 1.43. The number of ether oxygens (including phenoxy) is 1. The molecule has 3 aromatic rings. The highest BCUT2D eigenvalue weighted by Gasteiger charge is 2.22. The highest BCUT2D eigenvalue weighted by atomic mass is 35.5. The van der Waals surface area contributed by atoms with Crippen molar-refractivity contribution in [2.24, 2.45) is 5.92 Å². The fraction of sp³-hybridized carbons (Fsp3) is 0.364. The molecule has 0 radical (unpaired) electrons. The zero-order valence-corrected chi connectivity index (χ0v) is 17.9. The first-order chi connectivity index (χ1) is 14.0. The van der Waals surface area contributed by atoms with Crippen LogP contribution in [0.2, 0.25) is 5.02 Å². The SMILES string of the molecule is COc1ccc(C(=O)CN2CCC(Cn3c(=N)sc4cc(Cl)ccc43)CC2)cc1. The number of hydrogen-bond donors (Lipinski definition) is 1. The lowest BCUT2D eigenvalue weighted by Gasteiger charge is -2.31. The van der Waals surface area contributed by atoms with Gasteiger partial charge in [0.05, 0.1) is 23.9 Å². The summed E-state index contributed by atoms with van der Waals surface area (Å²) in [5.41, 5.74) is 1.81. The van der Waals surface area contributed by atoms with E-state index in [4.69, 9.17) is 21.7 Å². The van der Waals surface area contributed by atoms with Crippen molar-refractivity contribution in [3.05, 3.63) is 57.9 Å². The van der Waals surface area contributed by atoms with Gasteiger partial charge < -0.3 is 9.30 Å². The summed E-state index contributed by atoms with van der Waals surface area (Å²) >= 11 is 7.56. The largest absolute Gasteiger partial charge is 0.497 e. The molecule has 1 N–H and O–H groups in total. The summed E-state index contributed by atoms with van der Waals surface area (Å²) < 4.78 is 8.31. The quantitative estimate of drug-likeness (QED) is 0.589. The van der Waals surface area contributed by atoms with Crippen molar-refractivity contribution in [2.75, 3.05) is 26.7 Å². The van der Waals surface area contributed by atoms with Crippen LogP contribution in [0.15, 0.2) is 42.5 Å². The van der Waals surface area contributed by atoms with E-state index in [1.165, 1.54) is 11.3 Å². The van der Waals surface area contributed by atoms with Gasteiger partial charge >= 0.3 is 0 Å². The maximum Gasteiger partial charge on any atom is 0.182 e. The first-order valence-corrected chi connectivity index (χ1v) is 11.0. The molecule has 5 nitrogen and oxygen atoms in total. The molecular formula is C22H24ClN3O2S. The molecule has 1 fully saturated rings. The number of piperidine rings is 1.